The number of Topliss-reactive ketones (excluding diaryl/α,β-unsaturated/α-hetero) is 1. The molecule has 2 atom stereocenters. The quantitative estimate of drug-likeness (QED) is 0.137. The van der Waals surface area contributed by atoms with Crippen LogP contribution in [0.2, 0.25) is 0 Å². The Morgan fingerprint density at radius 1 is 1.03 bits per heavy atom. The lowest BCUT2D eigenvalue weighted by Crippen LogP contribution is -2.37. The smallest absolute Gasteiger partial charge is 0.320 e. The van der Waals surface area contributed by atoms with Gasteiger partial charge in [0, 0.05) is 11.1 Å². The van der Waals surface area contributed by atoms with Gasteiger partial charge < -0.3 is 26.2 Å². The van der Waals surface area contributed by atoms with Crippen molar-refractivity contribution in [3.05, 3.63) is 81.9 Å². The van der Waals surface area contributed by atoms with Crippen LogP contribution in [0.3, 0.4) is 0 Å². The Labute approximate surface area is 208 Å². The van der Waals surface area contributed by atoms with Crippen LogP contribution in [0.1, 0.15) is 33.0 Å². The van der Waals surface area contributed by atoms with E-state index in [1.165, 1.54) is 24.3 Å². The molecule has 0 bridgehead atoms. The zero-order valence-electron chi connectivity index (χ0n) is 19.5. The van der Waals surface area contributed by atoms with Crippen molar-refractivity contribution in [2.75, 3.05) is 5.32 Å². The molecule has 0 aliphatic carbocycles. The maximum absolute atomic E-state index is 13.1. The fourth-order valence-electron chi connectivity index (χ4n) is 4.08. The summed E-state index contributed by atoms with van der Waals surface area (Å²) in [5.41, 5.74) is 5.70. The third kappa shape index (κ3) is 5.07. The molecule has 11 nitrogen and oxygen atoms in total. The largest absolute Gasteiger partial charge is 0.481 e. The van der Waals surface area contributed by atoms with Gasteiger partial charge in [0.1, 0.15) is 17.8 Å². The number of carbonyl (C=O) groups excluding carboxylic acids is 2. The number of aromatic amines is 1. The number of nitrogens with zero attached hydrogens (tertiary/aromatic N) is 1. The average Bonchev–Trinajstić information content (AvgIpc) is 2.85. The molecule has 0 radical (unpaired) electrons. The molecule has 0 saturated carbocycles. The van der Waals surface area contributed by atoms with E-state index < -0.39 is 42.0 Å². The van der Waals surface area contributed by atoms with E-state index in [0.717, 1.165) is 5.39 Å². The molecule has 6 N–H and O–H groups in total. The van der Waals surface area contributed by atoms with Crippen molar-refractivity contribution in [3.63, 3.8) is 0 Å². The van der Waals surface area contributed by atoms with E-state index in [1.807, 2.05) is 0 Å². The topological polar surface area (TPSA) is 193 Å². The molecule has 0 aliphatic heterocycles. The molecule has 0 saturated heterocycles. The number of rotatable bonds is 8. The van der Waals surface area contributed by atoms with E-state index in [-0.39, 0.29) is 22.4 Å². The predicted octanol–water partition coefficient (Wildman–Crippen LogP) is 2.32. The third-order valence-corrected chi connectivity index (χ3v) is 5.93. The summed E-state index contributed by atoms with van der Waals surface area (Å²) in [5.74, 6) is -5.73. The van der Waals surface area contributed by atoms with E-state index in [1.54, 1.807) is 37.3 Å². The summed E-state index contributed by atoms with van der Waals surface area (Å²) in [5, 5.41) is 22.7. The van der Waals surface area contributed by atoms with E-state index in [9.17, 15) is 29.1 Å². The van der Waals surface area contributed by atoms with Crippen LogP contribution in [-0.4, -0.2) is 49.9 Å². The number of nitrogens with one attached hydrogen (secondary N) is 2. The van der Waals surface area contributed by atoms with Crippen molar-refractivity contribution in [2.24, 2.45) is 11.7 Å². The Hall–Kier alpha value is -4.90. The summed E-state index contributed by atoms with van der Waals surface area (Å²) >= 11 is 0. The van der Waals surface area contributed by atoms with Crippen LogP contribution in [0.25, 0.3) is 21.7 Å². The normalized spacial score (nSPS) is 12.7. The zero-order valence-corrected chi connectivity index (χ0v) is 19.5. The van der Waals surface area contributed by atoms with Crippen LogP contribution in [0.15, 0.2) is 59.4 Å². The van der Waals surface area contributed by atoms with Crippen LogP contribution in [0, 0.1) is 12.8 Å². The number of para-hydroxylation sites is 1. The second-order valence-corrected chi connectivity index (χ2v) is 8.48. The molecule has 1 aromatic heterocycles. The number of anilines is 1. The number of aryl methyl sites for hydroxylation is 1. The minimum atomic E-state index is -1.72. The number of hydrogen-bond acceptors (Lipinski definition) is 7. The average molecular weight is 502 g/mol. The number of aromatic nitrogens is 2. The first-order valence-electron chi connectivity index (χ1n) is 11.2. The predicted molar refractivity (Wildman–Crippen MR) is 135 cm³/mol. The highest BCUT2D eigenvalue weighted by atomic mass is 16.4. The van der Waals surface area contributed by atoms with Crippen LogP contribution < -0.4 is 16.6 Å². The Bertz CT molecular complexity index is 1640. The Morgan fingerprint density at radius 2 is 1.73 bits per heavy atom. The van der Waals surface area contributed by atoms with Crippen molar-refractivity contribution < 1.29 is 29.4 Å². The van der Waals surface area contributed by atoms with Gasteiger partial charge in [-0.2, -0.15) is 0 Å². The molecule has 4 rings (SSSR count). The number of carboxylic acids is 2. The first kappa shape index (κ1) is 25.2. The Kier molecular flexibility index (Phi) is 6.81. The van der Waals surface area contributed by atoms with E-state index in [4.69, 9.17) is 10.8 Å². The van der Waals surface area contributed by atoms with E-state index >= 15 is 0 Å². The van der Waals surface area contributed by atoms with Crippen molar-refractivity contribution in [1.82, 2.24) is 9.97 Å². The molecular formula is C26H22N4O7. The summed E-state index contributed by atoms with van der Waals surface area (Å²) in [6.45, 7) is 1.66. The first-order chi connectivity index (χ1) is 17.6. The SMILES string of the molecule is Cc1nc2ccc3ccc(C(=O)Nc4ccccc4C(=O)C(C[C@H](N)C(=O)O)C(=O)O)cc3c2c(=O)[nH]1. The molecule has 1 heterocycles. The minimum absolute atomic E-state index is 0.0424. The lowest BCUT2D eigenvalue weighted by atomic mass is 9.90. The highest BCUT2D eigenvalue weighted by Gasteiger charge is 2.32. The van der Waals surface area contributed by atoms with Gasteiger partial charge in [0.05, 0.1) is 16.6 Å². The number of benzene rings is 3. The van der Waals surface area contributed by atoms with Gasteiger partial charge in [0.15, 0.2) is 5.78 Å². The van der Waals surface area contributed by atoms with Gasteiger partial charge in [-0.15, -0.1) is 0 Å². The third-order valence-electron chi connectivity index (χ3n) is 5.93. The molecular weight excluding hydrogens is 480 g/mol. The highest BCUT2D eigenvalue weighted by Crippen LogP contribution is 2.25. The van der Waals surface area contributed by atoms with Gasteiger partial charge in [-0.05, 0) is 54.4 Å². The van der Waals surface area contributed by atoms with Crippen molar-refractivity contribution >= 4 is 51.0 Å². The van der Waals surface area contributed by atoms with Crippen molar-refractivity contribution in [3.8, 4) is 0 Å². The van der Waals surface area contributed by atoms with Gasteiger partial charge in [-0.1, -0.05) is 24.3 Å². The maximum Gasteiger partial charge on any atom is 0.320 e. The fraction of sp³-hybridized carbons (Fsp3) is 0.154. The summed E-state index contributed by atoms with van der Waals surface area (Å²) in [7, 11) is 0. The van der Waals surface area contributed by atoms with Crippen LogP contribution >= 0.6 is 0 Å². The van der Waals surface area contributed by atoms with Gasteiger partial charge >= 0.3 is 11.9 Å². The molecule has 0 aliphatic rings. The van der Waals surface area contributed by atoms with Crippen molar-refractivity contribution in [1.29, 1.82) is 0 Å². The number of amides is 1. The minimum Gasteiger partial charge on any atom is -0.481 e. The van der Waals surface area contributed by atoms with Gasteiger partial charge in [-0.3, -0.25) is 24.0 Å². The molecule has 11 heteroatoms. The summed E-state index contributed by atoms with van der Waals surface area (Å²) in [6, 6.07) is 12.5. The van der Waals surface area contributed by atoms with Gasteiger partial charge in [-0.25, -0.2) is 4.98 Å². The second-order valence-electron chi connectivity index (χ2n) is 8.48. The summed E-state index contributed by atoms with van der Waals surface area (Å²) in [4.78, 5) is 68.6. The number of H-pyrrole nitrogens is 1. The molecule has 0 fully saturated rings. The number of aliphatic carboxylic acids is 2. The van der Waals surface area contributed by atoms with Crippen LogP contribution in [-0.2, 0) is 9.59 Å². The summed E-state index contributed by atoms with van der Waals surface area (Å²) in [6.07, 6.45) is -0.619. The lowest BCUT2D eigenvalue weighted by molar-refractivity contribution is -0.142. The number of fused-ring (bicyclic) bond motifs is 3. The lowest BCUT2D eigenvalue weighted by Gasteiger charge is -2.16. The molecule has 0 spiro atoms. The first-order valence-corrected chi connectivity index (χ1v) is 11.2. The zero-order chi connectivity index (χ0) is 26.9. The number of carboxylic acid groups (broad SMARTS) is 2. The number of carbonyl (C=O) groups is 4. The molecule has 4 aromatic rings. The van der Waals surface area contributed by atoms with E-state index in [2.05, 4.69) is 15.3 Å². The van der Waals surface area contributed by atoms with Crippen molar-refractivity contribution in [2.45, 2.75) is 19.4 Å². The Balaban J connectivity index is 1.69. The molecule has 188 valence electrons. The number of ketones is 1. The number of hydrogen-bond donors (Lipinski definition) is 5. The summed E-state index contributed by atoms with van der Waals surface area (Å²) < 4.78 is 0. The fourth-order valence-corrected chi connectivity index (χ4v) is 4.08. The highest BCUT2D eigenvalue weighted by molar-refractivity contribution is 6.15. The Morgan fingerprint density at radius 3 is 2.43 bits per heavy atom. The molecule has 3 aromatic carbocycles. The standard InChI is InChI=1S/C26H22N4O7/c1-12-28-20-9-8-13-6-7-14(10-16(13)21(20)24(33)29-12)23(32)30-19-5-3-2-4-15(19)22(31)17(25(34)35)11-18(27)26(36)37/h2-10,17-18H,11,27H2,1H3,(H,30,32)(H,34,35)(H,36,37)(H,28,29,33)/t17?,18-/m0/s1. The molecule has 37 heavy (non-hydrogen) atoms. The number of nitrogens with two attached hydrogens (primary N) is 1. The van der Waals surface area contributed by atoms with Gasteiger partial charge in [0.25, 0.3) is 11.5 Å². The maximum atomic E-state index is 13.1. The monoisotopic (exact) mass is 502 g/mol. The second kappa shape index (κ2) is 9.99. The van der Waals surface area contributed by atoms with Crippen LogP contribution in [0.4, 0.5) is 5.69 Å². The van der Waals surface area contributed by atoms with Gasteiger partial charge in [0.2, 0.25) is 0 Å². The molecule has 1 amide bonds. The van der Waals surface area contributed by atoms with Crippen LogP contribution in [0.5, 0.6) is 0 Å². The molecule has 1 unspecified atom stereocenters. The van der Waals surface area contributed by atoms with E-state index in [0.29, 0.717) is 22.1 Å².